The molecule has 1 aliphatic heterocycles. The third kappa shape index (κ3) is 16.7. The average molecular weight is 364 g/mol. The van der Waals surface area contributed by atoms with Crippen LogP contribution in [0.4, 0.5) is 0 Å². The zero-order chi connectivity index (χ0) is 18.3. The van der Waals surface area contributed by atoms with E-state index in [9.17, 15) is 8.42 Å². The molecule has 0 radical (unpaired) electrons. The molecule has 0 amide bonds. The minimum absolute atomic E-state index is 0.715. The Morgan fingerprint density at radius 1 is 0.917 bits per heavy atom. The molecule has 1 fully saturated rings. The third-order valence-corrected chi connectivity index (χ3v) is 4.77. The van der Waals surface area contributed by atoms with Gasteiger partial charge in [-0.25, -0.2) is 0 Å². The van der Waals surface area contributed by atoms with E-state index in [4.69, 9.17) is 4.55 Å². The number of nitrogens with zero attached hydrogens (tertiary/aromatic N) is 1. The normalized spacial score (nSPS) is 18.9. The van der Waals surface area contributed by atoms with Crippen molar-refractivity contribution in [2.45, 2.75) is 103 Å². The Kier molecular flexibility index (Phi) is 15.1. The second-order valence-corrected chi connectivity index (χ2v) is 8.62. The van der Waals surface area contributed by atoms with Gasteiger partial charge in [0, 0.05) is 6.04 Å². The molecule has 0 aromatic rings. The molecule has 1 rings (SSSR count). The Balaban J connectivity index is 0.000000922. The Labute approximate surface area is 151 Å². The van der Waals surface area contributed by atoms with E-state index in [0.717, 1.165) is 6.04 Å². The Morgan fingerprint density at radius 2 is 1.42 bits per heavy atom. The molecule has 1 N–H and O–H groups in total. The van der Waals surface area contributed by atoms with Crippen LogP contribution in [-0.2, 0) is 10.1 Å². The van der Waals surface area contributed by atoms with Crippen molar-refractivity contribution in [1.29, 1.82) is 0 Å². The molecule has 4 nitrogen and oxygen atoms in total. The van der Waals surface area contributed by atoms with Crippen LogP contribution in [0.15, 0.2) is 0 Å². The summed E-state index contributed by atoms with van der Waals surface area (Å²) in [5.74, 6) is 0. The van der Waals surface area contributed by atoms with Crippen LogP contribution in [0.3, 0.4) is 0 Å². The summed E-state index contributed by atoms with van der Waals surface area (Å²) in [6, 6.07) is 0.905. The van der Waals surface area contributed by atoms with Gasteiger partial charge < -0.3 is 4.90 Å². The van der Waals surface area contributed by atoms with Gasteiger partial charge in [0.2, 0.25) is 0 Å². The molecule has 0 aromatic heterocycles. The zero-order valence-electron chi connectivity index (χ0n) is 16.3. The second-order valence-electron chi connectivity index (χ2n) is 7.16. The van der Waals surface area contributed by atoms with Gasteiger partial charge in [0.15, 0.2) is 0 Å². The highest BCUT2D eigenvalue weighted by Gasteiger charge is 2.19. The van der Waals surface area contributed by atoms with Crippen LogP contribution < -0.4 is 0 Å². The molecule has 24 heavy (non-hydrogen) atoms. The first-order chi connectivity index (χ1) is 11.4. The molecule has 0 spiro atoms. The van der Waals surface area contributed by atoms with Crippen LogP contribution in [0.25, 0.3) is 0 Å². The van der Waals surface area contributed by atoms with Gasteiger partial charge in [-0.2, -0.15) is 8.42 Å². The van der Waals surface area contributed by atoms with Gasteiger partial charge in [0.05, 0.1) is 6.26 Å². The fourth-order valence-electron chi connectivity index (χ4n) is 3.44. The summed E-state index contributed by atoms with van der Waals surface area (Å²) < 4.78 is 25.9. The van der Waals surface area contributed by atoms with E-state index in [1.165, 1.54) is 96.6 Å². The fraction of sp³-hybridized carbons (Fsp3) is 1.00. The summed E-state index contributed by atoms with van der Waals surface area (Å²) in [6.07, 6.45) is 19.5. The summed E-state index contributed by atoms with van der Waals surface area (Å²) >= 11 is 0. The molecule has 0 aliphatic carbocycles. The lowest BCUT2D eigenvalue weighted by molar-refractivity contribution is 0.141. The molecule has 0 bridgehead atoms. The van der Waals surface area contributed by atoms with E-state index in [1.54, 1.807) is 0 Å². The van der Waals surface area contributed by atoms with Crippen molar-refractivity contribution in [3.8, 4) is 0 Å². The van der Waals surface area contributed by atoms with Crippen molar-refractivity contribution >= 4 is 10.1 Å². The number of likely N-dealkylation sites (tertiary alicyclic amines) is 1. The first-order valence-corrected chi connectivity index (χ1v) is 11.9. The fourth-order valence-corrected chi connectivity index (χ4v) is 3.44. The molecule has 0 aromatic carbocycles. The van der Waals surface area contributed by atoms with Crippen LogP contribution in [0.5, 0.6) is 0 Å². The summed E-state index contributed by atoms with van der Waals surface area (Å²) in [5, 5.41) is 0. The molecule has 146 valence electrons. The summed E-state index contributed by atoms with van der Waals surface area (Å²) in [7, 11) is -3.67. The number of rotatable bonds is 11. The number of piperidine rings is 1. The first-order valence-electron chi connectivity index (χ1n) is 10.0. The van der Waals surface area contributed by atoms with Crippen molar-refractivity contribution in [3.63, 3.8) is 0 Å². The van der Waals surface area contributed by atoms with E-state index in [-0.39, 0.29) is 0 Å². The van der Waals surface area contributed by atoms with E-state index < -0.39 is 10.1 Å². The molecule has 1 saturated heterocycles. The van der Waals surface area contributed by atoms with Crippen molar-refractivity contribution in [2.24, 2.45) is 0 Å². The summed E-state index contributed by atoms with van der Waals surface area (Å²) in [6.45, 7) is 7.40. The highest BCUT2D eigenvalue weighted by atomic mass is 32.2. The van der Waals surface area contributed by atoms with Crippen molar-refractivity contribution in [3.05, 3.63) is 0 Å². The van der Waals surface area contributed by atoms with E-state index in [1.807, 2.05) is 0 Å². The number of unbranched alkanes of at least 4 members (excludes halogenated alkanes) is 8. The average Bonchev–Trinajstić information content (AvgIpc) is 2.52. The van der Waals surface area contributed by atoms with E-state index in [2.05, 4.69) is 18.7 Å². The Bertz CT molecular complexity index is 363. The second kappa shape index (κ2) is 15.2. The van der Waals surface area contributed by atoms with Gasteiger partial charge in [-0.15, -0.1) is 0 Å². The molecular formula is C19H41NO3S. The van der Waals surface area contributed by atoms with Gasteiger partial charge in [0.25, 0.3) is 10.1 Å². The largest absolute Gasteiger partial charge is 0.300 e. The number of hydrogen-bond donors (Lipinski definition) is 1. The summed E-state index contributed by atoms with van der Waals surface area (Å²) in [4.78, 5) is 2.77. The minimum atomic E-state index is -3.67. The summed E-state index contributed by atoms with van der Waals surface area (Å²) in [5.41, 5.74) is 0. The Morgan fingerprint density at radius 3 is 1.92 bits per heavy atom. The number of hydrogen-bond acceptors (Lipinski definition) is 3. The van der Waals surface area contributed by atoms with Crippen molar-refractivity contribution in [2.75, 3.05) is 19.3 Å². The van der Waals surface area contributed by atoms with E-state index in [0.29, 0.717) is 6.26 Å². The molecule has 1 heterocycles. The first kappa shape index (κ1) is 23.9. The van der Waals surface area contributed by atoms with Gasteiger partial charge >= 0.3 is 0 Å². The standard InChI is InChI=1S/C18H37N.CH4O3S/c1-3-5-6-7-8-9-10-11-13-16-19-17-14-12-15-18(19)4-2;1-5(2,3)4/h18H,3-17H2,1-2H3;1H3,(H,2,3,4). The van der Waals surface area contributed by atoms with Crippen molar-refractivity contribution < 1.29 is 13.0 Å². The van der Waals surface area contributed by atoms with Gasteiger partial charge in [-0.05, 0) is 38.8 Å². The highest BCUT2D eigenvalue weighted by Crippen LogP contribution is 2.20. The zero-order valence-corrected chi connectivity index (χ0v) is 17.1. The smallest absolute Gasteiger partial charge is 0.261 e. The predicted octanol–water partition coefficient (Wildman–Crippen LogP) is 5.29. The topological polar surface area (TPSA) is 57.6 Å². The molecule has 0 saturated carbocycles. The molecule has 1 unspecified atom stereocenters. The minimum Gasteiger partial charge on any atom is -0.300 e. The molecule has 1 aliphatic rings. The molecule has 5 heteroatoms. The lowest BCUT2D eigenvalue weighted by Crippen LogP contribution is -2.39. The van der Waals surface area contributed by atoms with Crippen molar-refractivity contribution in [1.82, 2.24) is 4.90 Å². The highest BCUT2D eigenvalue weighted by molar-refractivity contribution is 7.85. The maximum absolute atomic E-state index is 9.19. The van der Waals surface area contributed by atoms with E-state index >= 15 is 0 Å². The van der Waals surface area contributed by atoms with Crippen LogP contribution in [-0.4, -0.2) is 43.3 Å². The molecule has 1 atom stereocenters. The maximum Gasteiger partial charge on any atom is 0.261 e. The van der Waals surface area contributed by atoms with Crippen LogP contribution in [0, 0.1) is 0 Å². The lowest BCUT2D eigenvalue weighted by Gasteiger charge is -2.35. The van der Waals surface area contributed by atoms with Gasteiger partial charge in [-0.3, -0.25) is 4.55 Å². The molecular weight excluding hydrogens is 322 g/mol. The van der Waals surface area contributed by atoms with Crippen LogP contribution in [0.2, 0.25) is 0 Å². The van der Waals surface area contributed by atoms with Crippen LogP contribution in [0.1, 0.15) is 97.3 Å². The lowest BCUT2D eigenvalue weighted by atomic mass is 9.99. The maximum atomic E-state index is 9.19. The monoisotopic (exact) mass is 363 g/mol. The Hall–Kier alpha value is -0.130. The predicted molar refractivity (Wildman–Crippen MR) is 104 cm³/mol. The quantitative estimate of drug-likeness (QED) is 0.400. The third-order valence-electron chi connectivity index (χ3n) is 4.77. The van der Waals surface area contributed by atoms with Gasteiger partial charge in [-0.1, -0.05) is 71.6 Å². The van der Waals surface area contributed by atoms with Gasteiger partial charge in [0.1, 0.15) is 0 Å². The SMILES string of the molecule is CCCCCCCCCCCN1CCCCC1CC.CS(=O)(=O)O. The van der Waals surface area contributed by atoms with Crippen LogP contribution >= 0.6 is 0 Å².